The molecule has 1 aromatic rings. The molecule has 0 spiro atoms. The van der Waals surface area contributed by atoms with Crippen LogP contribution in [0.2, 0.25) is 0 Å². The third-order valence-corrected chi connectivity index (χ3v) is 7.28. The first-order valence-electron chi connectivity index (χ1n) is 5.11. The number of carbonyl (C=O) groups is 1. The van der Waals surface area contributed by atoms with Crippen molar-refractivity contribution < 1.29 is 9.90 Å². The van der Waals surface area contributed by atoms with Crippen LogP contribution in [0.1, 0.15) is 11.7 Å². The van der Waals surface area contributed by atoms with E-state index in [0.717, 1.165) is 3.06 Å². The van der Waals surface area contributed by atoms with Crippen LogP contribution in [-0.2, 0) is 4.79 Å². The fraction of sp³-hybridized carbons (Fsp3) is 0.0769. The molecule has 0 radical (unpaired) electrons. The molecule has 2 rings (SSSR count). The van der Waals surface area contributed by atoms with E-state index in [1.807, 2.05) is 36.4 Å². The molecule has 0 saturated heterocycles. The Balaban J connectivity index is 2.20. The molecule has 1 aliphatic heterocycles. The first-order chi connectivity index (χ1) is 7.79. The van der Waals surface area contributed by atoms with Crippen molar-refractivity contribution in [1.29, 1.82) is 0 Å². The zero-order chi connectivity index (χ0) is 11.4. The Labute approximate surface area is 106 Å². The van der Waals surface area contributed by atoms with E-state index in [4.69, 9.17) is 0 Å². The van der Waals surface area contributed by atoms with Gasteiger partial charge in [0.15, 0.2) is 0 Å². The number of aliphatic hydroxyl groups excluding tert-OH is 1. The molecule has 0 bridgehead atoms. The molecule has 3 heteroatoms. The van der Waals surface area contributed by atoms with Gasteiger partial charge in [-0.25, -0.2) is 0 Å². The molecule has 0 aromatic heterocycles. The fourth-order valence-electron chi connectivity index (χ4n) is 1.55. The van der Waals surface area contributed by atoms with Crippen LogP contribution in [0.5, 0.6) is 0 Å². The molecule has 1 atom stereocenters. The molecule has 0 amide bonds. The van der Waals surface area contributed by atoms with E-state index in [0.29, 0.717) is 5.56 Å². The second-order valence-corrected chi connectivity index (χ2v) is 8.75. The van der Waals surface area contributed by atoms with Gasteiger partial charge < -0.3 is 0 Å². The molecule has 2 nitrogen and oxygen atoms in total. The van der Waals surface area contributed by atoms with E-state index < -0.39 is 29.9 Å². The Bertz CT molecular complexity index is 472. The zero-order valence-corrected chi connectivity index (χ0v) is 13.2. The number of hydrogen-bond acceptors (Lipinski definition) is 2. The van der Waals surface area contributed by atoms with Crippen molar-refractivity contribution in [1.82, 2.24) is 0 Å². The third kappa shape index (κ3) is 2.62. The first kappa shape index (κ1) is 11.6. The van der Waals surface area contributed by atoms with Crippen LogP contribution in [-0.4, -0.2) is 37.7 Å². The molecule has 0 aliphatic carbocycles. The van der Waals surface area contributed by atoms with Gasteiger partial charge in [-0.15, -0.1) is 0 Å². The number of ketones is 1. The number of rotatable bonds is 3. The van der Waals surface area contributed by atoms with Gasteiger partial charge in [-0.2, -0.15) is 0 Å². The minimum atomic E-state index is -1.25. The van der Waals surface area contributed by atoms with E-state index in [1.165, 1.54) is 0 Å². The van der Waals surface area contributed by atoms with Crippen LogP contribution < -0.4 is 0 Å². The Morgan fingerprint density at radius 1 is 1.19 bits per heavy atom. The third-order valence-electron chi connectivity index (χ3n) is 2.42. The van der Waals surface area contributed by atoms with Crippen LogP contribution in [0.3, 0.4) is 0 Å². The Morgan fingerprint density at radius 3 is 2.56 bits per heavy atom. The van der Waals surface area contributed by atoms with Crippen LogP contribution >= 0.6 is 0 Å². The van der Waals surface area contributed by atoms with Crippen LogP contribution in [0.4, 0.5) is 0 Å². The normalized spacial score (nSPS) is 15.2. The fourth-order valence-corrected chi connectivity index (χ4v) is 5.40. The maximum atomic E-state index is 12.0. The molecular weight excluding hydrogens is 393 g/mol. The predicted molar refractivity (Wildman–Crippen MR) is 65.4 cm³/mol. The van der Waals surface area contributed by atoms with E-state index in [2.05, 4.69) is 3.64 Å². The summed E-state index contributed by atoms with van der Waals surface area (Å²) >= 11 is -1.25. The van der Waals surface area contributed by atoms with Crippen molar-refractivity contribution in [2.45, 2.75) is 6.10 Å². The number of aliphatic hydroxyl groups is 1. The average molecular weight is 404 g/mol. The molecule has 78 valence electrons. The van der Waals surface area contributed by atoms with Crippen LogP contribution in [0.25, 0.3) is 0 Å². The predicted octanol–water partition coefficient (Wildman–Crippen LogP) is 1.25. The van der Waals surface area contributed by atoms with E-state index in [-0.39, 0.29) is 5.78 Å². The van der Waals surface area contributed by atoms with Gasteiger partial charge in [0.25, 0.3) is 0 Å². The van der Waals surface area contributed by atoms with Gasteiger partial charge in [0.05, 0.1) is 0 Å². The van der Waals surface area contributed by atoms with Gasteiger partial charge in [0.1, 0.15) is 0 Å². The second kappa shape index (κ2) is 5.45. The molecule has 0 saturated carbocycles. The number of hydrogen-bond donors (Lipinski definition) is 1. The summed E-state index contributed by atoms with van der Waals surface area (Å²) in [7, 11) is 0. The van der Waals surface area contributed by atoms with Crippen LogP contribution in [0, 0.1) is 0 Å². The van der Waals surface area contributed by atoms with Crippen molar-refractivity contribution in [3.8, 4) is 0 Å². The standard InChI is InChI=1S/C13H11O2.Tl/c1-2-3-5-10-12(14)13(15)11-8-6-4-7-9-11;/h1-9,13,15H;. The summed E-state index contributed by atoms with van der Waals surface area (Å²) in [6.45, 7) is 0. The summed E-state index contributed by atoms with van der Waals surface area (Å²) in [5.74, 6) is -0.123. The summed E-state index contributed by atoms with van der Waals surface area (Å²) in [5, 5.41) is 9.95. The second-order valence-electron chi connectivity index (χ2n) is 3.54. The van der Waals surface area contributed by atoms with Gasteiger partial charge >= 0.3 is 106 Å². The Morgan fingerprint density at radius 2 is 1.94 bits per heavy atom. The minimum absolute atomic E-state index is 0.123. The van der Waals surface area contributed by atoms with Crippen molar-refractivity contribution in [3.63, 3.8) is 0 Å². The maximum absolute atomic E-state index is 12.0. The quantitative estimate of drug-likeness (QED) is 0.772. The first-order valence-corrected chi connectivity index (χ1v) is 9.95. The summed E-state index contributed by atoms with van der Waals surface area (Å²) in [4.78, 5) is 12.0. The monoisotopic (exact) mass is 404 g/mol. The summed E-state index contributed by atoms with van der Waals surface area (Å²) < 4.78 is 2.98. The summed E-state index contributed by atoms with van der Waals surface area (Å²) in [6.07, 6.45) is 4.71. The van der Waals surface area contributed by atoms with Gasteiger partial charge in [-0.05, 0) is 0 Å². The van der Waals surface area contributed by atoms with Gasteiger partial charge in [-0.1, -0.05) is 0 Å². The number of Topliss-reactive ketones (excluding diaryl/α,β-unsaturated/α-hetero) is 1. The van der Waals surface area contributed by atoms with E-state index in [9.17, 15) is 9.90 Å². The van der Waals surface area contributed by atoms with Crippen molar-refractivity contribution in [2.24, 2.45) is 0 Å². The van der Waals surface area contributed by atoms with Crippen LogP contribution in [0.15, 0.2) is 52.2 Å². The molecule has 1 heterocycles. The molecule has 1 N–H and O–H groups in total. The summed E-state index contributed by atoms with van der Waals surface area (Å²) in [6, 6.07) is 9.09. The van der Waals surface area contributed by atoms with Gasteiger partial charge in [0.2, 0.25) is 0 Å². The molecule has 1 aliphatic rings. The molecule has 16 heavy (non-hydrogen) atoms. The van der Waals surface area contributed by atoms with Crippen molar-refractivity contribution >= 4 is 32.6 Å². The molecule has 1 aromatic carbocycles. The molecule has 1 unspecified atom stereocenters. The number of allylic oxidation sites excluding steroid dienone is 3. The topological polar surface area (TPSA) is 37.3 Å². The van der Waals surface area contributed by atoms with Crippen molar-refractivity contribution in [3.05, 3.63) is 57.8 Å². The summed E-state index contributed by atoms with van der Waals surface area (Å²) in [5.41, 5.74) is 0.675. The Kier molecular flexibility index (Phi) is 3.95. The van der Waals surface area contributed by atoms with E-state index >= 15 is 0 Å². The SMILES string of the molecule is O=C([C]1=[Tl][CH]=CC=C1)C(O)c1ccccc1. The zero-order valence-electron chi connectivity index (χ0n) is 8.71. The number of benzene rings is 1. The van der Waals surface area contributed by atoms with Gasteiger partial charge in [-0.3, -0.25) is 0 Å². The average Bonchev–Trinajstić information content (AvgIpc) is 2.39. The molecular formula is C13H11O2Tl. The molecule has 0 fully saturated rings. The number of carbonyl (C=O) groups excluding carboxylic acids is 1. The van der Waals surface area contributed by atoms with Crippen molar-refractivity contribution in [2.75, 3.05) is 0 Å². The Hall–Kier alpha value is -0.878. The van der Waals surface area contributed by atoms with E-state index in [1.54, 1.807) is 12.1 Å². The van der Waals surface area contributed by atoms with Gasteiger partial charge in [0, 0.05) is 0 Å².